The molecule has 0 unspecified atom stereocenters. The zero-order chi connectivity index (χ0) is 16.8. The molecule has 0 bridgehead atoms. The van der Waals surface area contributed by atoms with Crippen LogP contribution in [0.3, 0.4) is 0 Å². The van der Waals surface area contributed by atoms with Crippen molar-refractivity contribution in [2.24, 2.45) is 10.2 Å². The molecule has 7 heteroatoms. The summed E-state index contributed by atoms with van der Waals surface area (Å²) in [5.41, 5.74) is 1.12. The summed E-state index contributed by atoms with van der Waals surface area (Å²) in [6, 6.07) is 3.19. The second-order valence-corrected chi connectivity index (χ2v) is 7.14. The third-order valence-electron chi connectivity index (χ3n) is 3.16. The van der Waals surface area contributed by atoms with Crippen molar-refractivity contribution < 1.29 is 4.79 Å². The first kappa shape index (κ1) is 19.7. The zero-order valence-corrected chi connectivity index (χ0v) is 15.5. The number of Topliss-reactive ketones (excluding diaryl/α,β-unsaturated/α-hetero) is 1. The smallest absolute Gasteiger partial charge is 0.286 e. The van der Waals surface area contributed by atoms with Gasteiger partial charge in [-0.1, -0.05) is 72.6 Å². The number of carbonyl (C=O) groups excluding carboxylic acids is 1. The van der Waals surface area contributed by atoms with Crippen LogP contribution in [-0.4, -0.2) is 10.2 Å². The summed E-state index contributed by atoms with van der Waals surface area (Å²) in [6.45, 7) is 3.87. The molecule has 0 fully saturated rings. The van der Waals surface area contributed by atoms with Crippen molar-refractivity contribution in [3.8, 4) is 0 Å². The Bertz CT molecular complexity index is 559. The summed E-state index contributed by atoms with van der Waals surface area (Å²) in [5, 5.41) is 8.57. The molecule has 0 radical (unpaired) electrons. The van der Waals surface area contributed by atoms with Crippen LogP contribution in [0.1, 0.15) is 44.6 Å². The molecule has 0 aliphatic carbocycles. The van der Waals surface area contributed by atoms with Gasteiger partial charge in [-0.15, -0.1) is 5.11 Å². The van der Waals surface area contributed by atoms with Crippen molar-refractivity contribution in [2.75, 3.05) is 0 Å². The lowest BCUT2D eigenvalue weighted by molar-refractivity contribution is -0.119. The van der Waals surface area contributed by atoms with Crippen LogP contribution in [0.2, 0.25) is 10.0 Å². The van der Waals surface area contributed by atoms with E-state index >= 15 is 0 Å². The molecule has 1 aromatic carbocycles. The Morgan fingerprint density at radius 3 is 2.50 bits per heavy atom. The van der Waals surface area contributed by atoms with E-state index in [1.807, 2.05) is 0 Å². The highest BCUT2D eigenvalue weighted by atomic mass is 35.5. The fourth-order valence-corrected chi connectivity index (χ4v) is 2.52. The maximum Gasteiger partial charge on any atom is 0.286 e. The largest absolute Gasteiger partial charge is 0.294 e. The summed E-state index contributed by atoms with van der Waals surface area (Å²) >= 11 is 23.9. The lowest BCUT2D eigenvalue weighted by atomic mass is 10.1. The van der Waals surface area contributed by atoms with E-state index in [4.69, 9.17) is 46.4 Å². The number of nitrogens with zero attached hydrogens (tertiary/aromatic N) is 2. The van der Waals surface area contributed by atoms with Crippen LogP contribution in [0.15, 0.2) is 22.4 Å². The molecule has 1 aromatic rings. The number of azo groups is 1. The maximum absolute atomic E-state index is 12.0. The van der Waals surface area contributed by atoms with Crippen LogP contribution < -0.4 is 0 Å². The lowest BCUT2D eigenvalue weighted by Gasteiger charge is -2.12. The van der Waals surface area contributed by atoms with Crippen LogP contribution in [0.4, 0.5) is 5.69 Å². The Kier molecular flexibility index (Phi) is 8.12. The average Bonchev–Trinajstić information content (AvgIpc) is 2.45. The summed E-state index contributed by atoms with van der Waals surface area (Å²) < 4.78 is -1.88. The molecule has 0 heterocycles. The Hall–Kier alpha value is -0.350. The second kappa shape index (κ2) is 9.07. The molecule has 0 saturated carbocycles. The van der Waals surface area contributed by atoms with E-state index in [1.54, 1.807) is 19.1 Å². The van der Waals surface area contributed by atoms with E-state index in [-0.39, 0.29) is 12.2 Å². The molecule has 0 aliphatic rings. The van der Waals surface area contributed by atoms with Gasteiger partial charge in [0.15, 0.2) is 5.78 Å². The number of benzene rings is 1. The van der Waals surface area contributed by atoms with Gasteiger partial charge in [-0.3, -0.25) is 4.79 Å². The van der Waals surface area contributed by atoms with E-state index < -0.39 is 4.46 Å². The van der Waals surface area contributed by atoms with Crippen LogP contribution in [-0.2, 0) is 4.79 Å². The molecule has 0 atom stereocenters. The Balaban J connectivity index is 2.76. The number of ketones is 1. The zero-order valence-electron chi connectivity index (χ0n) is 12.5. The summed E-state index contributed by atoms with van der Waals surface area (Å²) in [4.78, 5) is 12.0. The number of hydrogen-bond donors (Lipinski definition) is 0. The van der Waals surface area contributed by atoms with Gasteiger partial charge in [-0.05, 0) is 31.0 Å². The summed E-state index contributed by atoms with van der Waals surface area (Å²) in [6.07, 6.45) is 4.15. The molecular weight excluding hydrogens is 366 g/mol. The minimum absolute atomic E-state index is 0.279. The molecule has 22 heavy (non-hydrogen) atoms. The van der Waals surface area contributed by atoms with E-state index in [0.29, 0.717) is 21.3 Å². The molecule has 0 spiro atoms. The van der Waals surface area contributed by atoms with Gasteiger partial charge in [0.2, 0.25) is 0 Å². The van der Waals surface area contributed by atoms with Gasteiger partial charge >= 0.3 is 0 Å². The van der Waals surface area contributed by atoms with E-state index in [0.717, 1.165) is 25.7 Å². The van der Waals surface area contributed by atoms with Gasteiger partial charge in [0, 0.05) is 16.5 Å². The molecule has 0 aliphatic heterocycles. The van der Waals surface area contributed by atoms with Crippen molar-refractivity contribution in [3.63, 3.8) is 0 Å². The number of alkyl halides is 2. The van der Waals surface area contributed by atoms with E-state index in [1.165, 1.54) is 0 Å². The Labute approximate surface area is 151 Å². The van der Waals surface area contributed by atoms with Crippen molar-refractivity contribution >= 4 is 57.9 Å². The van der Waals surface area contributed by atoms with Gasteiger partial charge in [0.05, 0.1) is 5.69 Å². The number of hydrogen-bond acceptors (Lipinski definition) is 3. The maximum atomic E-state index is 12.0. The number of rotatable bonds is 8. The molecule has 122 valence electrons. The molecule has 3 nitrogen and oxygen atoms in total. The monoisotopic (exact) mass is 382 g/mol. The Morgan fingerprint density at radius 2 is 1.86 bits per heavy atom. The molecule has 0 amide bonds. The predicted octanol–water partition coefficient (Wildman–Crippen LogP) is 7.06. The Morgan fingerprint density at radius 1 is 1.18 bits per heavy atom. The molecule has 1 rings (SSSR count). The fraction of sp³-hybridized carbons (Fsp3) is 0.533. The number of unbranched alkanes of at least 4 members (excludes halogenated alkanes) is 3. The second-order valence-electron chi connectivity index (χ2n) is 5.01. The van der Waals surface area contributed by atoms with E-state index in [9.17, 15) is 4.79 Å². The van der Waals surface area contributed by atoms with Crippen LogP contribution in [0, 0.1) is 6.92 Å². The minimum Gasteiger partial charge on any atom is -0.294 e. The van der Waals surface area contributed by atoms with Gasteiger partial charge in [0.25, 0.3) is 4.46 Å². The first-order valence-electron chi connectivity index (χ1n) is 7.07. The highest BCUT2D eigenvalue weighted by molar-refractivity contribution is 6.58. The first-order chi connectivity index (χ1) is 10.3. The quantitative estimate of drug-likeness (QED) is 0.205. The number of carbonyl (C=O) groups is 1. The molecule has 0 aromatic heterocycles. The third kappa shape index (κ3) is 6.04. The van der Waals surface area contributed by atoms with Gasteiger partial charge in [-0.2, -0.15) is 5.11 Å². The fourth-order valence-electron chi connectivity index (χ4n) is 1.77. The molecule has 0 N–H and O–H groups in total. The summed E-state index contributed by atoms with van der Waals surface area (Å²) in [7, 11) is 0. The minimum atomic E-state index is -1.88. The lowest BCUT2D eigenvalue weighted by Crippen LogP contribution is -2.22. The van der Waals surface area contributed by atoms with Gasteiger partial charge in [0.1, 0.15) is 0 Å². The molecule has 0 saturated heterocycles. The van der Waals surface area contributed by atoms with Gasteiger partial charge < -0.3 is 0 Å². The van der Waals surface area contributed by atoms with E-state index in [2.05, 4.69) is 17.2 Å². The standard InChI is InChI=1S/C15H18Cl4N2O/c1-3-4-5-6-7-14(22)15(18,19)21-20-13-9-11(16)8-12(17)10(13)2/h8-9H,3-7H2,1-2H3. The van der Waals surface area contributed by atoms with Crippen molar-refractivity contribution in [2.45, 2.75) is 50.4 Å². The predicted molar refractivity (Wildman–Crippen MR) is 93.9 cm³/mol. The van der Waals surface area contributed by atoms with Crippen molar-refractivity contribution in [1.29, 1.82) is 0 Å². The van der Waals surface area contributed by atoms with Crippen LogP contribution in [0.5, 0.6) is 0 Å². The van der Waals surface area contributed by atoms with Crippen molar-refractivity contribution in [3.05, 3.63) is 27.7 Å². The third-order valence-corrected chi connectivity index (χ3v) is 4.34. The van der Waals surface area contributed by atoms with Crippen LogP contribution >= 0.6 is 46.4 Å². The summed E-state index contributed by atoms with van der Waals surface area (Å²) in [5.74, 6) is -0.360. The van der Waals surface area contributed by atoms with Crippen molar-refractivity contribution in [1.82, 2.24) is 0 Å². The SMILES string of the molecule is CCCCCCC(=O)C(Cl)(Cl)N=Nc1cc(Cl)cc(Cl)c1C. The number of halogens is 4. The topological polar surface area (TPSA) is 41.8 Å². The normalized spacial score (nSPS) is 12.1. The highest BCUT2D eigenvalue weighted by Crippen LogP contribution is 2.33. The van der Waals surface area contributed by atoms with Crippen LogP contribution in [0.25, 0.3) is 0 Å². The van der Waals surface area contributed by atoms with Gasteiger partial charge in [-0.25, -0.2) is 0 Å². The molecular formula is C15H18Cl4N2O. The highest BCUT2D eigenvalue weighted by Gasteiger charge is 2.32. The first-order valence-corrected chi connectivity index (χ1v) is 8.58. The average molecular weight is 384 g/mol.